The number of hydrogen-bond donors (Lipinski definition) is 1. The van der Waals surface area contributed by atoms with E-state index >= 15 is 0 Å². The summed E-state index contributed by atoms with van der Waals surface area (Å²) in [6, 6.07) is 9.92. The fourth-order valence-corrected chi connectivity index (χ4v) is 1.62. The van der Waals surface area contributed by atoms with E-state index in [0.717, 1.165) is 22.0 Å². The fraction of sp³-hybridized carbons (Fsp3) is 0. The second kappa shape index (κ2) is 3.96. The smallest absolute Gasteiger partial charge is 0.0708 e. The van der Waals surface area contributed by atoms with Gasteiger partial charge in [-0.2, -0.15) is 0 Å². The van der Waals surface area contributed by atoms with Gasteiger partial charge in [0, 0.05) is 17.8 Å². The molecule has 0 spiro atoms. The molecule has 0 saturated carbocycles. The topological polar surface area (TPSA) is 38.9 Å². The number of rotatable bonds is 2. The normalized spacial score (nSPS) is 11.6. The molecule has 0 aliphatic heterocycles. The van der Waals surface area contributed by atoms with Gasteiger partial charge in [0.15, 0.2) is 0 Å². The maximum atomic E-state index is 5.55. The number of hydrogen-bond acceptors (Lipinski definition) is 2. The molecule has 0 atom stereocenters. The van der Waals surface area contributed by atoms with E-state index in [9.17, 15) is 0 Å². The van der Waals surface area contributed by atoms with E-state index in [2.05, 4.69) is 11.6 Å². The minimum Gasteiger partial charge on any atom is -0.404 e. The minimum atomic E-state index is 0.925. The summed E-state index contributed by atoms with van der Waals surface area (Å²) in [7, 11) is 0. The quantitative estimate of drug-likeness (QED) is 0.750. The molecule has 0 unspecified atom stereocenters. The molecule has 0 saturated heterocycles. The van der Waals surface area contributed by atoms with E-state index in [1.165, 1.54) is 0 Å². The lowest BCUT2D eigenvalue weighted by Crippen LogP contribution is -1.89. The summed E-state index contributed by atoms with van der Waals surface area (Å²) >= 11 is 0. The van der Waals surface area contributed by atoms with Crippen LogP contribution >= 0.6 is 0 Å². The van der Waals surface area contributed by atoms with E-state index in [1.54, 1.807) is 18.5 Å². The summed E-state index contributed by atoms with van der Waals surface area (Å²) in [5.41, 5.74) is 8.51. The molecule has 15 heavy (non-hydrogen) atoms. The Labute approximate surface area is 88.8 Å². The van der Waals surface area contributed by atoms with Gasteiger partial charge >= 0.3 is 0 Å². The molecular formula is C13H12N2. The number of nitrogens with zero attached hydrogens (tertiary/aromatic N) is 1. The summed E-state index contributed by atoms with van der Waals surface area (Å²) in [5, 5.41) is 1.09. The molecule has 1 aromatic heterocycles. The van der Waals surface area contributed by atoms with E-state index in [0.29, 0.717) is 0 Å². The van der Waals surface area contributed by atoms with Gasteiger partial charge in [0.1, 0.15) is 0 Å². The SMILES string of the molecule is C=C/C(=C\N)c1ccnc2ccccc12. The molecule has 0 aliphatic rings. The Bertz CT molecular complexity index is 522. The highest BCUT2D eigenvalue weighted by Crippen LogP contribution is 2.23. The zero-order valence-electron chi connectivity index (χ0n) is 8.35. The van der Waals surface area contributed by atoms with Gasteiger partial charge in [0.2, 0.25) is 0 Å². The first-order chi connectivity index (χ1) is 7.36. The Morgan fingerprint density at radius 1 is 1.27 bits per heavy atom. The molecule has 2 N–H and O–H groups in total. The van der Waals surface area contributed by atoms with Crippen LogP contribution in [0.15, 0.2) is 55.4 Å². The van der Waals surface area contributed by atoms with Crippen molar-refractivity contribution in [3.63, 3.8) is 0 Å². The summed E-state index contributed by atoms with van der Waals surface area (Å²) < 4.78 is 0. The lowest BCUT2D eigenvalue weighted by Gasteiger charge is -2.05. The molecular weight excluding hydrogens is 184 g/mol. The molecule has 0 radical (unpaired) electrons. The average molecular weight is 196 g/mol. The highest BCUT2D eigenvalue weighted by Gasteiger charge is 2.02. The lowest BCUT2D eigenvalue weighted by molar-refractivity contribution is 1.40. The van der Waals surface area contributed by atoms with E-state index in [1.807, 2.05) is 30.3 Å². The molecule has 0 fully saturated rings. The molecule has 1 heterocycles. The first kappa shape index (κ1) is 9.46. The van der Waals surface area contributed by atoms with Gasteiger partial charge in [-0.3, -0.25) is 4.98 Å². The molecule has 0 amide bonds. The first-order valence-corrected chi connectivity index (χ1v) is 4.75. The van der Waals surface area contributed by atoms with Crippen molar-refractivity contribution in [3.8, 4) is 0 Å². The third-order valence-electron chi connectivity index (χ3n) is 2.36. The van der Waals surface area contributed by atoms with Crippen molar-refractivity contribution in [2.45, 2.75) is 0 Å². The van der Waals surface area contributed by atoms with Gasteiger partial charge < -0.3 is 5.73 Å². The predicted octanol–water partition coefficient (Wildman–Crippen LogP) is 2.72. The largest absolute Gasteiger partial charge is 0.404 e. The van der Waals surface area contributed by atoms with Gasteiger partial charge in [0.05, 0.1) is 5.52 Å². The van der Waals surface area contributed by atoms with Gasteiger partial charge in [-0.1, -0.05) is 30.9 Å². The number of para-hydroxylation sites is 1. The highest BCUT2D eigenvalue weighted by atomic mass is 14.6. The lowest BCUT2D eigenvalue weighted by atomic mass is 10.0. The zero-order valence-corrected chi connectivity index (χ0v) is 8.35. The molecule has 0 bridgehead atoms. The fourth-order valence-electron chi connectivity index (χ4n) is 1.62. The number of fused-ring (bicyclic) bond motifs is 1. The van der Waals surface area contributed by atoms with Gasteiger partial charge in [-0.25, -0.2) is 0 Å². The summed E-state index contributed by atoms with van der Waals surface area (Å²) in [6.07, 6.45) is 5.10. The summed E-state index contributed by atoms with van der Waals surface area (Å²) in [6.45, 7) is 3.75. The Morgan fingerprint density at radius 3 is 2.80 bits per heavy atom. The number of pyridine rings is 1. The van der Waals surface area contributed by atoms with Crippen molar-refractivity contribution < 1.29 is 0 Å². The van der Waals surface area contributed by atoms with Crippen LogP contribution in [0.25, 0.3) is 16.5 Å². The van der Waals surface area contributed by atoms with Crippen molar-refractivity contribution in [2.75, 3.05) is 0 Å². The monoisotopic (exact) mass is 196 g/mol. The van der Waals surface area contributed by atoms with E-state index < -0.39 is 0 Å². The van der Waals surface area contributed by atoms with Crippen molar-refractivity contribution in [1.29, 1.82) is 0 Å². The number of allylic oxidation sites excluding steroid dienone is 2. The molecule has 74 valence electrons. The van der Waals surface area contributed by atoms with Crippen molar-refractivity contribution in [2.24, 2.45) is 5.73 Å². The number of benzene rings is 1. The molecule has 2 aromatic rings. The first-order valence-electron chi connectivity index (χ1n) is 4.75. The minimum absolute atomic E-state index is 0.925. The van der Waals surface area contributed by atoms with Gasteiger partial charge in [-0.15, -0.1) is 0 Å². The summed E-state index contributed by atoms with van der Waals surface area (Å²) in [5.74, 6) is 0. The molecule has 1 aromatic carbocycles. The van der Waals surface area contributed by atoms with E-state index in [-0.39, 0.29) is 0 Å². The zero-order chi connectivity index (χ0) is 10.7. The highest BCUT2D eigenvalue weighted by molar-refractivity contribution is 5.93. The van der Waals surface area contributed by atoms with Gasteiger partial charge in [0.25, 0.3) is 0 Å². The Morgan fingerprint density at radius 2 is 2.07 bits per heavy atom. The Kier molecular flexibility index (Phi) is 2.50. The molecule has 0 aliphatic carbocycles. The Balaban J connectivity index is 2.76. The van der Waals surface area contributed by atoms with Crippen LogP contribution in [0.4, 0.5) is 0 Å². The van der Waals surface area contributed by atoms with Crippen molar-refractivity contribution in [3.05, 3.63) is 60.9 Å². The van der Waals surface area contributed by atoms with E-state index in [4.69, 9.17) is 5.73 Å². The van der Waals surface area contributed by atoms with Crippen LogP contribution in [0.2, 0.25) is 0 Å². The van der Waals surface area contributed by atoms with Gasteiger partial charge in [-0.05, 0) is 23.3 Å². The van der Waals surface area contributed by atoms with Crippen LogP contribution in [0.3, 0.4) is 0 Å². The number of nitrogens with two attached hydrogens (primary N) is 1. The van der Waals surface area contributed by atoms with Crippen molar-refractivity contribution >= 4 is 16.5 Å². The van der Waals surface area contributed by atoms with Crippen molar-refractivity contribution in [1.82, 2.24) is 4.98 Å². The molecule has 2 nitrogen and oxygen atoms in total. The van der Waals surface area contributed by atoms with Crippen LogP contribution < -0.4 is 5.73 Å². The summed E-state index contributed by atoms with van der Waals surface area (Å²) in [4.78, 5) is 4.29. The maximum Gasteiger partial charge on any atom is 0.0708 e. The Hall–Kier alpha value is -2.09. The number of aromatic nitrogens is 1. The molecule has 2 heteroatoms. The van der Waals surface area contributed by atoms with Crippen LogP contribution in [0.5, 0.6) is 0 Å². The van der Waals surface area contributed by atoms with Crippen LogP contribution in [-0.4, -0.2) is 4.98 Å². The second-order valence-electron chi connectivity index (χ2n) is 3.20. The average Bonchev–Trinajstić information content (AvgIpc) is 2.31. The van der Waals surface area contributed by atoms with Crippen LogP contribution in [-0.2, 0) is 0 Å². The predicted molar refractivity (Wildman–Crippen MR) is 64.1 cm³/mol. The standard InChI is InChI=1S/C13H12N2/c1-2-10(9-14)11-7-8-15-13-6-4-3-5-12(11)13/h2-9H,1,14H2/b10-9+. The second-order valence-corrected chi connectivity index (χ2v) is 3.20. The maximum absolute atomic E-state index is 5.55. The molecule has 2 rings (SSSR count). The van der Waals surface area contributed by atoms with Crippen LogP contribution in [0, 0.1) is 0 Å². The third-order valence-corrected chi connectivity index (χ3v) is 2.36. The van der Waals surface area contributed by atoms with Crippen LogP contribution in [0.1, 0.15) is 5.56 Å². The third kappa shape index (κ3) is 1.62.